The molecule has 0 aromatic heterocycles. The van der Waals surface area contributed by atoms with Crippen LogP contribution in [0.3, 0.4) is 0 Å². The summed E-state index contributed by atoms with van der Waals surface area (Å²) in [5.74, 6) is 0.824. The Morgan fingerprint density at radius 1 is 1.50 bits per heavy atom. The van der Waals surface area contributed by atoms with Gasteiger partial charge in [-0.25, -0.2) is 0 Å². The first-order valence-corrected chi connectivity index (χ1v) is 5.76. The Balaban J connectivity index is 2.81. The number of benzene rings is 1. The van der Waals surface area contributed by atoms with Gasteiger partial charge in [-0.2, -0.15) is 5.26 Å². The monoisotopic (exact) mass is 282 g/mol. The lowest BCUT2D eigenvalue weighted by atomic mass is 10.1. The van der Waals surface area contributed by atoms with Crippen LogP contribution in [0.25, 0.3) is 0 Å². The fourth-order valence-electron chi connectivity index (χ4n) is 1.24. The van der Waals surface area contributed by atoms with E-state index in [4.69, 9.17) is 10.00 Å². The molecule has 0 saturated heterocycles. The van der Waals surface area contributed by atoms with Gasteiger partial charge in [-0.1, -0.05) is 15.9 Å². The van der Waals surface area contributed by atoms with E-state index in [0.29, 0.717) is 6.54 Å². The average Bonchev–Trinajstić information content (AvgIpc) is 2.27. The van der Waals surface area contributed by atoms with Gasteiger partial charge in [0.15, 0.2) is 0 Å². The average molecular weight is 283 g/mol. The van der Waals surface area contributed by atoms with Crippen LogP contribution in [0.5, 0.6) is 5.75 Å². The topological polar surface area (TPSA) is 45.0 Å². The van der Waals surface area contributed by atoms with Crippen molar-refractivity contribution in [2.45, 2.75) is 25.9 Å². The third kappa shape index (κ3) is 3.51. The van der Waals surface area contributed by atoms with Crippen LogP contribution >= 0.6 is 15.9 Å². The number of rotatable bonds is 4. The van der Waals surface area contributed by atoms with Gasteiger partial charge in [-0.05, 0) is 32.0 Å². The van der Waals surface area contributed by atoms with Crippen LogP contribution in [-0.2, 0) is 6.54 Å². The summed E-state index contributed by atoms with van der Waals surface area (Å²) in [4.78, 5) is 0. The number of halogens is 1. The van der Waals surface area contributed by atoms with Crippen LogP contribution in [0.15, 0.2) is 22.7 Å². The molecule has 4 heteroatoms. The second-order valence-electron chi connectivity index (χ2n) is 4.05. The van der Waals surface area contributed by atoms with Crippen molar-refractivity contribution in [1.29, 1.82) is 5.26 Å². The largest absolute Gasteiger partial charge is 0.496 e. The summed E-state index contributed by atoms with van der Waals surface area (Å²) in [7, 11) is 1.64. The van der Waals surface area contributed by atoms with Crippen molar-refractivity contribution in [3.63, 3.8) is 0 Å². The number of nitriles is 1. The highest BCUT2D eigenvalue weighted by molar-refractivity contribution is 9.10. The van der Waals surface area contributed by atoms with Gasteiger partial charge in [-0.3, -0.25) is 5.32 Å². The summed E-state index contributed by atoms with van der Waals surface area (Å²) in [6, 6.07) is 8.02. The van der Waals surface area contributed by atoms with E-state index >= 15 is 0 Å². The number of nitrogens with one attached hydrogen (secondary N) is 1. The molecule has 0 aliphatic rings. The van der Waals surface area contributed by atoms with Gasteiger partial charge in [0.05, 0.1) is 13.2 Å². The number of hydrogen-bond acceptors (Lipinski definition) is 3. The van der Waals surface area contributed by atoms with Crippen molar-refractivity contribution >= 4 is 15.9 Å². The van der Waals surface area contributed by atoms with Gasteiger partial charge in [-0.15, -0.1) is 0 Å². The minimum absolute atomic E-state index is 0.534. The Bertz CT molecular complexity index is 410. The molecule has 0 unspecified atom stereocenters. The highest BCUT2D eigenvalue weighted by atomic mass is 79.9. The van der Waals surface area contributed by atoms with E-state index in [0.717, 1.165) is 15.8 Å². The maximum Gasteiger partial charge on any atom is 0.123 e. The van der Waals surface area contributed by atoms with E-state index in [2.05, 4.69) is 27.3 Å². The molecule has 0 heterocycles. The molecule has 0 spiro atoms. The second-order valence-corrected chi connectivity index (χ2v) is 4.96. The molecule has 86 valence electrons. The molecule has 0 fully saturated rings. The Kier molecular flexibility index (Phi) is 4.34. The smallest absolute Gasteiger partial charge is 0.123 e. The summed E-state index contributed by atoms with van der Waals surface area (Å²) in [5.41, 5.74) is 0.494. The fraction of sp³-hybridized carbons (Fsp3) is 0.417. The van der Waals surface area contributed by atoms with Crippen molar-refractivity contribution < 1.29 is 4.74 Å². The van der Waals surface area contributed by atoms with Gasteiger partial charge in [0.2, 0.25) is 0 Å². The van der Waals surface area contributed by atoms with Crippen molar-refractivity contribution in [3.8, 4) is 11.8 Å². The van der Waals surface area contributed by atoms with Gasteiger partial charge in [0, 0.05) is 16.6 Å². The third-order valence-corrected chi connectivity index (χ3v) is 2.74. The fourth-order valence-corrected chi connectivity index (χ4v) is 1.65. The number of nitrogens with zero attached hydrogens (tertiary/aromatic N) is 1. The zero-order chi connectivity index (χ0) is 12.2. The molecule has 1 aromatic carbocycles. The Morgan fingerprint density at radius 3 is 2.75 bits per heavy atom. The predicted octanol–water partition coefficient (Wildman–Crippen LogP) is 2.85. The Labute approximate surface area is 105 Å². The molecule has 1 rings (SSSR count). The molecular formula is C12H15BrN2O. The quantitative estimate of drug-likeness (QED) is 0.924. The maximum absolute atomic E-state index is 8.90. The SMILES string of the molecule is COc1ccc(Br)cc1CNC(C)(C)C#N. The number of methoxy groups -OCH3 is 1. The van der Waals surface area contributed by atoms with E-state index in [1.54, 1.807) is 7.11 Å². The molecule has 0 atom stereocenters. The van der Waals surface area contributed by atoms with Crippen molar-refractivity contribution in [2.75, 3.05) is 7.11 Å². The summed E-state index contributed by atoms with van der Waals surface area (Å²) in [5, 5.41) is 12.1. The van der Waals surface area contributed by atoms with Gasteiger partial charge in [0.25, 0.3) is 0 Å². The van der Waals surface area contributed by atoms with E-state index < -0.39 is 5.54 Å². The minimum atomic E-state index is -0.534. The molecule has 1 aromatic rings. The lowest BCUT2D eigenvalue weighted by Crippen LogP contribution is -2.36. The molecule has 0 radical (unpaired) electrons. The van der Waals surface area contributed by atoms with Gasteiger partial charge in [0.1, 0.15) is 11.3 Å². The first kappa shape index (κ1) is 13.0. The lowest BCUT2D eigenvalue weighted by molar-refractivity contribution is 0.402. The standard InChI is InChI=1S/C12H15BrN2O/c1-12(2,8-14)15-7-9-6-10(13)4-5-11(9)16-3/h4-6,15H,7H2,1-3H3. The first-order chi connectivity index (χ1) is 7.48. The molecule has 0 bridgehead atoms. The third-order valence-electron chi connectivity index (χ3n) is 2.24. The number of ether oxygens (including phenoxy) is 1. The van der Waals surface area contributed by atoms with E-state index in [9.17, 15) is 0 Å². The van der Waals surface area contributed by atoms with Crippen LogP contribution in [-0.4, -0.2) is 12.6 Å². The highest BCUT2D eigenvalue weighted by Crippen LogP contribution is 2.23. The predicted molar refractivity (Wildman–Crippen MR) is 67.2 cm³/mol. The van der Waals surface area contributed by atoms with Gasteiger partial charge >= 0.3 is 0 Å². The molecule has 3 nitrogen and oxygen atoms in total. The molecule has 1 N–H and O–H groups in total. The van der Waals surface area contributed by atoms with Crippen molar-refractivity contribution in [3.05, 3.63) is 28.2 Å². The molecule has 0 aliphatic carbocycles. The molecule has 0 saturated carbocycles. The van der Waals surface area contributed by atoms with Gasteiger partial charge < -0.3 is 4.74 Å². The summed E-state index contributed by atoms with van der Waals surface area (Å²) in [6.45, 7) is 4.29. The lowest BCUT2D eigenvalue weighted by Gasteiger charge is -2.18. The van der Waals surface area contributed by atoms with Crippen LogP contribution in [0.1, 0.15) is 19.4 Å². The van der Waals surface area contributed by atoms with Crippen molar-refractivity contribution in [1.82, 2.24) is 5.32 Å². The van der Waals surface area contributed by atoms with E-state index in [1.807, 2.05) is 32.0 Å². The summed E-state index contributed by atoms with van der Waals surface area (Å²) < 4.78 is 6.26. The zero-order valence-corrected chi connectivity index (χ0v) is 11.3. The molecule has 16 heavy (non-hydrogen) atoms. The number of hydrogen-bond donors (Lipinski definition) is 1. The molecule has 0 amide bonds. The van der Waals surface area contributed by atoms with Crippen LogP contribution in [0.2, 0.25) is 0 Å². The minimum Gasteiger partial charge on any atom is -0.496 e. The summed E-state index contributed by atoms with van der Waals surface area (Å²) >= 11 is 3.41. The van der Waals surface area contributed by atoms with Crippen LogP contribution < -0.4 is 10.1 Å². The molecule has 0 aliphatic heterocycles. The van der Waals surface area contributed by atoms with Crippen LogP contribution in [0, 0.1) is 11.3 Å². The van der Waals surface area contributed by atoms with Crippen molar-refractivity contribution in [2.24, 2.45) is 0 Å². The maximum atomic E-state index is 8.90. The highest BCUT2D eigenvalue weighted by Gasteiger charge is 2.16. The Hall–Kier alpha value is -1.05. The molecular weight excluding hydrogens is 268 g/mol. The second kappa shape index (κ2) is 5.33. The first-order valence-electron chi connectivity index (χ1n) is 4.97. The van der Waals surface area contributed by atoms with E-state index in [-0.39, 0.29) is 0 Å². The van der Waals surface area contributed by atoms with E-state index in [1.165, 1.54) is 0 Å². The Morgan fingerprint density at radius 2 is 2.19 bits per heavy atom. The van der Waals surface area contributed by atoms with Crippen LogP contribution in [0.4, 0.5) is 0 Å². The normalized spacial score (nSPS) is 10.9. The zero-order valence-electron chi connectivity index (χ0n) is 9.67. The summed E-state index contributed by atoms with van der Waals surface area (Å²) in [6.07, 6.45) is 0.